The van der Waals surface area contributed by atoms with E-state index in [2.05, 4.69) is 4.72 Å². The van der Waals surface area contributed by atoms with E-state index in [1.54, 1.807) is 19.9 Å². The van der Waals surface area contributed by atoms with Gasteiger partial charge in [-0.05, 0) is 50.3 Å². The van der Waals surface area contributed by atoms with Gasteiger partial charge < -0.3 is 10.5 Å². The second kappa shape index (κ2) is 7.77. The summed E-state index contributed by atoms with van der Waals surface area (Å²) in [5.74, 6) is 0. The SMILES string of the molecule is CCCOCCCNS(=O)(=O)c1c(C)cc(C)c(N)c1C. The maximum absolute atomic E-state index is 12.4. The van der Waals surface area contributed by atoms with E-state index in [0.29, 0.717) is 47.9 Å². The Bertz CT molecular complexity index is 583. The highest BCUT2D eigenvalue weighted by atomic mass is 32.2. The van der Waals surface area contributed by atoms with E-state index in [1.165, 1.54) is 0 Å². The van der Waals surface area contributed by atoms with Crippen LogP contribution in [0.2, 0.25) is 0 Å². The lowest BCUT2D eigenvalue weighted by atomic mass is 10.1. The smallest absolute Gasteiger partial charge is 0.241 e. The van der Waals surface area contributed by atoms with Crippen LogP contribution in [0, 0.1) is 20.8 Å². The van der Waals surface area contributed by atoms with Crippen LogP contribution in [0.4, 0.5) is 5.69 Å². The lowest BCUT2D eigenvalue weighted by Gasteiger charge is -2.15. The monoisotopic (exact) mass is 314 g/mol. The molecule has 1 rings (SSSR count). The zero-order chi connectivity index (χ0) is 16.0. The third-order valence-corrected chi connectivity index (χ3v) is 5.09. The summed E-state index contributed by atoms with van der Waals surface area (Å²) in [4.78, 5) is 0.292. The van der Waals surface area contributed by atoms with Crippen LogP contribution in [0.5, 0.6) is 0 Å². The number of benzene rings is 1. The second-order valence-corrected chi connectivity index (χ2v) is 6.95. The van der Waals surface area contributed by atoms with Crippen LogP contribution in [-0.2, 0) is 14.8 Å². The quantitative estimate of drug-likeness (QED) is 0.570. The number of anilines is 1. The molecule has 0 radical (unpaired) electrons. The molecule has 120 valence electrons. The Morgan fingerprint density at radius 2 is 1.86 bits per heavy atom. The van der Waals surface area contributed by atoms with Crippen LogP contribution in [0.25, 0.3) is 0 Å². The van der Waals surface area contributed by atoms with Crippen molar-refractivity contribution in [3.8, 4) is 0 Å². The summed E-state index contributed by atoms with van der Waals surface area (Å²) < 4.78 is 32.8. The fourth-order valence-corrected chi connectivity index (χ4v) is 3.85. The minimum absolute atomic E-state index is 0.292. The fraction of sp³-hybridized carbons (Fsp3) is 0.600. The van der Waals surface area contributed by atoms with Gasteiger partial charge in [0.05, 0.1) is 4.90 Å². The predicted octanol–water partition coefficient (Wildman–Crippen LogP) is 2.29. The molecule has 0 fully saturated rings. The highest BCUT2D eigenvalue weighted by molar-refractivity contribution is 7.89. The van der Waals surface area contributed by atoms with E-state index in [-0.39, 0.29) is 0 Å². The molecule has 0 aliphatic heterocycles. The Hall–Kier alpha value is -1.11. The number of sulfonamides is 1. The van der Waals surface area contributed by atoms with Crippen molar-refractivity contribution in [3.63, 3.8) is 0 Å². The Balaban J connectivity index is 2.78. The number of rotatable bonds is 8. The van der Waals surface area contributed by atoms with Gasteiger partial charge in [-0.3, -0.25) is 0 Å². The van der Waals surface area contributed by atoms with Gasteiger partial charge in [0.15, 0.2) is 0 Å². The molecule has 0 unspecified atom stereocenters. The van der Waals surface area contributed by atoms with Gasteiger partial charge in [0.25, 0.3) is 0 Å². The van der Waals surface area contributed by atoms with Gasteiger partial charge in [0, 0.05) is 25.4 Å². The normalized spacial score (nSPS) is 11.8. The molecule has 0 aliphatic carbocycles. The van der Waals surface area contributed by atoms with Crippen LogP contribution >= 0.6 is 0 Å². The number of nitrogen functional groups attached to an aromatic ring is 1. The van der Waals surface area contributed by atoms with Crippen molar-refractivity contribution >= 4 is 15.7 Å². The minimum atomic E-state index is -3.54. The van der Waals surface area contributed by atoms with Crippen molar-refractivity contribution in [2.24, 2.45) is 0 Å². The molecule has 0 saturated heterocycles. The van der Waals surface area contributed by atoms with Gasteiger partial charge in [-0.1, -0.05) is 13.0 Å². The number of ether oxygens (including phenoxy) is 1. The summed E-state index contributed by atoms with van der Waals surface area (Å²) in [6.07, 6.45) is 1.62. The summed E-state index contributed by atoms with van der Waals surface area (Å²) in [6.45, 7) is 9.08. The summed E-state index contributed by atoms with van der Waals surface area (Å²) in [6, 6.07) is 1.81. The van der Waals surface area contributed by atoms with E-state index < -0.39 is 10.0 Å². The van der Waals surface area contributed by atoms with E-state index in [1.807, 2.05) is 13.8 Å². The molecule has 21 heavy (non-hydrogen) atoms. The largest absolute Gasteiger partial charge is 0.398 e. The van der Waals surface area contributed by atoms with Gasteiger partial charge >= 0.3 is 0 Å². The molecule has 0 aromatic heterocycles. The van der Waals surface area contributed by atoms with Gasteiger partial charge in [-0.15, -0.1) is 0 Å². The molecule has 0 spiro atoms. The van der Waals surface area contributed by atoms with E-state index in [9.17, 15) is 8.42 Å². The topological polar surface area (TPSA) is 81.4 Å². The van der Waals surface area contributed by atoms with Crippen molar-refractivity contribution in [1.29, 1.82) is 0 Å². The molecular weight excluding hydrogens is 288 g/mol. The molecule has 1 aromatic rings. The molecule has 0 atom stereocenters. The number of nitrogens with two attached hydrogens (primary N) is 1. The van der Waals surface area contributed by atoms with E-state index >= 15 is 0 Å². The number of nitrogens with one attached hydrogen (secondary N) is 1. The number of hydrogen-bond acceptors (Lipinski definition) is 4. The average molecular weight is 314 g/mol. The van der Waals surface area contributed by atoms with Gasteiger partial charge in [0.1, 0.15) is 0 Å². The lowest BCUT2D eigenvalue weighted by molar-refractivity contribution is 0.133. The van der Waals surface area contributed by atoms with Crippen molar-refractivity contribution in [1.82, 2.24) is 4.72 Å². The summed E-state index contributed by atoms with van der Waals surface area (Å²) >= 11 is 0. The summed E-state index contributed by atoms with van der Waals surface area (Å²) in [5, 5.41) is 0. The molecular formula is C15H26N2O3S. The Labute approximate surface area is 127 Å². The average Bonchev–Trinajstić information content (AvgIpc) is 2.40. The molecule has 0 bridgehead atoms. The number of hydrogen-bond donors (Lipinski definition) is 2. The maximum atomic E-state index is 12.4. The van der Waals surface area contributed by atoms with E-state index in [0.717, 1.165) is 12.0 Å². The lowest BCUT2D eigenvalue weighted by Crippen LogP contribution is -2.27. The highest BCUT2D eigenvalue weighted by Crippen LogP contribution is 2.27. The molecule has 1 aromatic carbocycles. The molecule has 5 nitrogen and oxygen atoms in total. The molecule has 6 heteroatoms. The third-order valence-electron chi connectivity index (χ3n) is 3.34. The van der Waals surface area contributed by atoms with Crippen molar-refractivity contribution in [3.05, 3.63) is 22.8 Å². The van der Waals surface area contributed by atoms with Gasteiger partial charge in [0.2, 0.25) is 10.0 Å². The van der Waals surface area contributed by atoms with Crippen LogP contribution in [0.1, 0.15) is 36.5 Å². The molecule has 0 saturated carbocycles. The Kier molecular flexibility index (Phi) is 6.64. The first-order valence-electron chi connectivity index (χ1n) is 7.25. The van der Waals surface area contributed by atoms with E-state index in [4.69, 9.17) is 10.5 Å². The Morgan fingerprint density at radius 3 is 2.48 bits per heavy atom. The first-order chi connectivity index (χ1) is 9.81. The van der Waals surface area contributed by atoms with Crippen LogP contribution in [0.15, 0.2) is 11.0 Å². The fourth-order valence-electron chi connectivity index (χ4n) is 2.29. The van der Waals surface area contributed by atoms with Crippen molar-refractivity contribution in [2.75, 3.05) is 25.5 Å². The predicted molar refractivity (Wildman–Crippen MR) is 86.0 cm³/mol. The van der Waals surface area contributed by atoms with Gasteiger partial charge in [-0.2, -0.15) is 0 Å². The Morgan fingerprint density at radius 1 is 1.19 bits per heavy atom. The highest BCUT2D eigenvalue weighted by Gasteiger charge is 2.21. The third kappa shape index (κ3) is 4.69. The first kappa shape index (κ1) is 17.9. The zero-order valence-electron chi connectivity index (χ0n) is 13.3. The minimum Gasteiger partial charge on any atom is -0.398 e. The van der Waals surface area contributed by atoms with Crippen LogP contribution in [-0.4, -0.2) is 28.2 Å². The molecule has 0 aliphatic rings. The van der Waals surface area contributed by atoms with Crippen molar-refractivity contribution in [2.45, 2.75) is 45.4 Å². The number of aryl methyl sites for hydroxylation is 2. The van der Waals surface area contributed by atoms with Crippen LogP contribution in [0.3, 0.4) is 0 Å². The maximum Gasteiger partial charge on any atom is 0.241 e. The van der Waals surface area contributed by atoms with Crippen LogP contribution < -0.4 is 10.5 Å². The summed E-state index contributed by atoms with van der Waals surface area (Å²) in [5.41, 5.74) is 8.71. The molecule has 0 amide bonds. The standard InChI is InChI=1S/C15H26N2O3S/c1-5-8-20-9-6-7-17-21(18,19)15-12(3)10-11(2)14(16)13(15)4/h10,17H,5-9,16H2,1-4H3. The van der Waals surface area contributed by atoms with Crippen molar-refractivity contribution < 1.29 is 13.2 Å². The first-order valence-corrected chi connectivity index (χ1v) is 8.73. The summed E-state index contributed by atoms with van der Waals surface area (Å²) in [7, 11) is -3.54. The molecule has 3 N–H and O–H groups in total. The molecule has 0 heterocycles. The second-order valence-electron chi connectivity index (χ2n) is 5.24. The van der Waals surface area contributed by atoms with Gasteiger partial charge in [-0.25, -0.2) is 13.1 Å². The zero-order valence-corrected chi connectivity index (χ0v) is 14.1.